The summed E-state index contributed by atoms with van der Waals surface area (Å²) in [4.78, 5) is 0. The van der Waals surface area contributed by atoms with Crippen LogP contribution >= 0.6 is 0 Å². The van der Waals surface area contributed by atoms with Gasteiger partial charge in [0.25, 0.3) is 0 Å². The van der Waals surface area contributed by atoms with Gasteiger partial charge in [0, 0.05) is 0 Å². The molecule has 0 saturated heterocycles. The molecule has 0 unspecified atom stereocenters. The summed E-state index contributed by atoms with van der Waals surface area (Å²) in [5.41, 5.74) is 0. The van der Waals surface area contributed by atoms with Crippen LogP contribution in [0.15, 0.2) is 0 Å². The third kappa shape index (κ3) is 16.9. The topological polar surface area (TPSA) is 0 Å². The minimum atomic E-state index is -0.128. The molecule has 0 aromatic heterocycles. The summed E-state index contributed by atoms with van der Waals surface area (Å²) in [7, 11) is 0. The van der Waals surface area contributed by atoms with E-state index in [0.29, 0.717) is 0 Å². The molecule has 0 N–H and O–H groups in total. The first kappa shape index (κ1) is 18.9. The first-order chi connectivity index (χ1) is 7.41. The molecule has 94 valence electrons. The van der Waals surface area contributed by atoms with Crippen LogP contribution in [0.4, 0.5) is 4.39 Å². The van der Waals surface area contributed by atoms with Gasteiger partial charge in [-0.15, -0.1) is 0 Å². The SMILES string of the molecule is CCCCCCCCCCCCCCF.[LiH]. The Kier molecular flexibility index (Phi) is 21.1. The second-order valence-electron chi connectivity index (χ2n) is 4.58. The molecule has 0 bridgehead atoms. The van der Waals surface area contributed by atoms with E-state index in [1.54, 1.807) is 0 Å². The van der Waals surface area contributed by atoms with Crippen LogP contribution in [-0.2, 0) is 0 Å². The molecular formula is C14H30FLi. The summed E-state index contributed by atoms with van der Waals surface area (Å²) >= 11 is 0. The van der Waals surface area contributed by atoms with Gasteiger partial charge in [0.15, 0.2) is 0 Å². The second-order valence-corrected chi connectivity index (χ2v) is 4.58. The fraction of sp³-hybridized carbons (Fsp3) is 1.00. The fourth-order valence-electron chi connectivity index (χ4n) is 1.94. The Labute approximate surface area is 114 Å². The number of hydrogen-bond donors (Lipinski definition) is 0. The molecule has 0 aliphatic rings. The Morgan fingerprint density at radius 3 is 1.19 bits per heavy atom. The van der Waals surface area contributed by atoms with Gasteiger partial charge in [0.2, 0.25) is 0 Å². The minimum absolute atomic E-state index is 0. The van der Waals surface area contributed by atoms with Crippen molar-refractivity contribution in [1.29, 1.82) is 0 Å². The summed E-state index contributed by atoms with van der Waals surface area (Å²) in [6.45, 7) is 2.13. The van der Waals surface area contributed by atoms with E-state index in [4.69, 9.17) is 0 Å². The van der Waals surface area contributed by atoms with E-state index in [9.17, 15) is 4.39 Å². The van der Waals surface area contributed by atoms with Crippen LogP contribution in [0.2, 0.25) is 0 Å². The summed E-state index contributed by atoms with van der Waals surface area (Å²) in [6.07, 6.45) is 15.6. The first-order valence-corrected chi connectivity index (χ1v) is 6.97. The zero-order valence-electron chi connectivity index (χ0n) is 10.6. The molecule has 0 spiro atoms. The van der Waals surface area contributed by atoms with Crippen LogP contribution in [0, 0.1) is 0 Å². The fourth-order valence-corrected chi connectivity index (χ4v) is 1.94. The maximum atomic E-state index is 11.8. The molecule has 0 aliphatic carbocycles. The second kappa shape index (κ2) is 17.9. The number of unbranched alkanes of at least 4 members (excludes halogenated alkanes) is 11. The van der Waals surface area contributed by atoms with Gasteiger partial charge < -0.3 is 0 Å². The summed E-state index contributed by atoms with van der Waals surface area (Å²) in [5.74, 6) is 0. The maximum absolute atomic E-state index is 11.8. The van der Waals surface area contributed by atoms with Crippen molar-refractivity contribution in [2.24, 2.45) is 0 Å². The quantitative estimate of drug-likeness (QED) is 0.323. The molecule has 0 rings (SSSR count). The van der Waals surface area contributed by atoms with Gasteiger partial charge in [-0.2, -0.15) is 0 Å². The molecule has 0 aromatic carbocycles. The van der Waals surface area contributed by atoms with Gasteiger partial charge in [-0.25, -0.2) is 0 Å². The molecule has 0 aliphatic heterocycles. The predicted molar refractivity (Wildman–Crippen MR) is 74.2 cm³/mol. The van der Waals surface area contributed by atoms with Crippen molar-refractivity contribution in [2.45, 2.75) is 84.0 Å². The van der Waals surface area contributed by atoms with Gasteiger partial charge in [0.1, 0.15) is 0 Å². The number of halogens is 1. The van der Waals surface area contributed by atoms with E-state index in [2.05, 4.69) is 6.92 Å². The van der Waals surface area contributed by atoms with Crippen molar-refractivity contribution in [1.82, 2.24) is 0 Å². The number of rotatable bonds is 12. The number of hydrogen-bond acceptors (Lipinski definition) is 0. The van der Waals surface area contributed by atoms with Crippen LogP contribution in [0.1, 0.15) is 84.0 Å². The molecular weight excluding hydrogens is 194 g/mol. The van der Waals surface area contributed by atoms with Crippen molar-refractivity contribution in [3.63, 3.8) is 0 Å². The van der Waals surface area contributed by atoms with Crippen LogP contribution < -0.4 is 0 Å². The average Bonchev–Trinajstić information content (AvgIpc) is 2.26. The summed E-state index contributed by atoms with van der Waals surface area (Å²) in [6, 6.07) is 0. The van der Waals surface area contributed by atoms with Crippen LogP contribution in [0.3, 0.4) is 0 Å². The number of alkyl halides is 1. The third-order valence-electron chi connectivity index (χ3n) is 2.99. The molecule has 0 fully saturated rings. The van der Waals surface area contributed by atoms with Crippen molar-refractivity contribution in [3.05, 3.63) is 0 Å². The van der Waals surface area contributed by atoms with E-state index >= 15 is 0 Å². The molecule has 0 saturated carbocycles. The van der Waals surface area contributed by atoms with Crippen molar-refractivity contribution in [2.75, 3.05) is 6.67 Å². The van der Waals surface area contributed by atoms with Crippen LogP contribution in [-0.4, -0.2) is 25.5 Å². The Bertz CT molecular complexity index is 94.9. The molecule has 16 heavy (non-hydrogen) atoms. The van der Waals surface area contributed by atoms with E-state index in [1.807, 2.05) is 0 Å². The zero-order valence-corrected chi connectivity index (χ0v) is 10.6. The molecule has 0 radical (unpaired) electrons. The Hall–Kier alpha value is 0.527. The van der Waals surface area contributed by atoms with Crippen LogP contribution in [0.25, 0.3) is 0 Å². The van der Waals surface area contributed by atoms with Gasteiger partial charge in [-0.1, -0.05) is 77.6 Å². The third-order valence-corrected chi connectivity index (χ3v) is 2.99. The Balaban J connectivity index is 0. The molecule has 0 amide bonds. The normalized spacial score (nSPS) is 10.1. The van der Waals surface area contributed by atoms with Gasteiger partial charge >= 0.3 is 18.9 Å². The van der Waals surface area contributed by atoms with Gasteiger partial charge in [-0.05, 0) is 6.42 Å². The van der Waals surface area contributed by atoms with E-state index in [0.717, 1.165) is 12.8 Å². The Morgan fingerprint density at radius 2 is 0.875 bits per heavy atom. The van der Waals surface area contributed by atoms with Crippen molar-refractivity contribution in [3.8, 4) is 0 Å². The van der Waals surface area contributed by atoms with Crippen molar-refractivity contribution < 1.29 is 4.39 Å². The summed E-state index contributed by atoms with van der Waals surface area (Å²) < 4.78 is 11.8. The molecule has 2 heteroatoms. The van der Waals surface area contributed by atoms with E-state index in [1.165, 1.54) is 64.2 Å². The zero-order chi connectivity index (χ0) is 11.2. The van der Waals surface area contributed by atoms with E-state index < -0.39 is 0 Å². The van der Waals surface area contributed by atoms with Gasteiger partial charge in [-0.3, -0.25) is 4.39 Å². The monoisotopic (exact) mass is 224 g/mol. The molecule has 0 atom stereocenters. The van der Waals surface area contributed by atoms with Gasteiger partial charge in [0.05, 0.1) is 6.67 Å². The van der Waals surface area contributed by atoms with E-state index in [-0.39, 0.29) is 25.5 Å². The molecule has 0 heterocycles. The predicted octanol–water partition coefficient (Wildman–Crippen LogP) is 5.01. The molecule has 0 aromatic rings. The first-order valence-electron chi connectivity index (χ1n) is 6.97. The Morgan fingerprint density at radius 1 is 0.562 bits per heavy atom. The average molecular weight is 224 g/mol. The molecule has 0 nitrogen and oxygen atoms in total. The van der Waals surface area contributed by atoms with Crippen molar-refractivity contribution >= 4 is 18.9 Å². The standard InChI is InChI=1S/C14H29F.Li.H/c1-2-3-4-5-6-7-8-9-10-11-12-13-14-15;;/h2-14H2,1H3;;. The van der Waals surface area contributed by atoms with Crippen LogP contribution in [0.5, 0.6) is 0 Å². The summed E-state index contributed by atoms with van der Waals surface area (Å²) in [5, 5.41) is 0.